The summed E-state index contributed by atoms with van der Waals surface area (Å²) in [6.07, 6.45) is 0. The van der Waals surface area contributed by atoms with Crippen molar-refractivity contribution in [3.8, 4) is 11.1 Å². The second-order valence-corrected chi connectivity index (χ2v) is 5.26. The van der Waals surface area contributed by atoms with E-state index in [1.165, 1.54) is 37.5 Å². The minimum Gasteiger partial charge on any atom is -0.465 e. The number of benzene rings is 3. The molecule has 0 saturated carbocycles. The first-order chi connectivity index (χ1) is 12.7. The summed E-state index contributed by atoms with van der Waals surface area (Å²) in [6, 6.07) is 27.1. The molecule has 0 heterocycles. The van der Waals surface area contributed by atoms with Gasteiger partial charge in [0.15, 0.2) is 0 Å². The number of rotatable bonds is 3. The number of ether oxygens (including phenoxy) is 2. The molecule has 0 aliphatic carbocycles. The third-order valence-corrected chi connectivity index (χ3v) is 3.62. The molecule has 4 nitrogen and oxygen atoms in total. The maximum atomic E-state index is 11.2. The number of carbonyl (C=O) groups excluding carboxylic acids is 2. The first-order valence-electron chi connectivity index (χ1n) is 8.03. The molecule has 0 bridgehead atoms. The third-order valence-electron chi connectivity index (χ3n) is 3.62. The van der Waals surface area contributed by atoms with E-state index in [0.29, 0.717) is 0 Å². The molecule has 3 rings (SSSR count). The fraction of sp³-hybridized carbons (Fsp3) is 0.0909. The van der Waals surface area contributed by atoms with Crippen molar-refractivity contribution in [2.75, 3.05) is 14.2 Å². The summed E-state index contributed by atoms with van der Waals surface area (Å²) in [4.78, 5) is 22.4. The summed E-state index contributed by atoms with van der Waals surface area (Å²) in [7, 11) is 2.52. The molecule has 0 atom stereocenters. The van der Waals surface area contributed by atoms with Gasteiger partial charge < -0.3 is 9.47 Å². The molecular weight excluding hydrogens is 328 g/mol. The second-order valence-electron chi connectivity index (χ2n) is 5.26. The first-order valence-corrected chi connectivity index (χ1v) is 8.03. The van der Waals surface area contributed by atoms with Gasteiger partial charge in [-0.05, 0) is 23.3 Å². The molecule has 132 valence electrons. The van der Waals surface area contributed by atoms with Crippen LogP contribution in [0.25, 0.3) is 11.1 Å². The highest BCUT2D eigenvalue weighted by atomic mass is 16.5. The maximum Gasteiger partial charge on any atom is 0.338 e. The molecule has 4 heteroatoms. The molecule has 3 aromatic carbocycles. The number of hydrogen-bond acceptors (Lipinski definition) is 4. The van der Waals surface area contributed by atoms with Gasteiger partial charge in [-0.25, -0.2) is 9.59 Å². The normalized spacial score (nSPS) is 9.46. The van der Waals surface area contributed by atoms with Crippen LogP contribution in [0.3, 0.4) is 0 Å². The monoisotopic (exact) mass is 348 g/mol. The number of methoxy groups -OCH3 is 2. The lowest BCUT2D eigenvalue weighted by atomic mass is 10.1. The van der Waals surface area contributed by atoms with E-state index in [4.69, 9.17) is 0 Å². The zero-order valence-corrected chi connectivity index (χ0v) is 14.7. The first kappa shape index (κ1) is 18.9. The Bertz CT molecular complexity index is 770. The van der Waals surface area contributed by atoms with Gasteiger partial charge in [0, 0.05) is 0 Å². The van der Waals surface area contributed by atoms with Crippen molar-refractivity contribution in [3.63, 3.8) is 0 Å². The minimum atomic E-state index is -0.550. The van der Waals surface area contributed by atoms with Crippen molar-refractivity contribution in [3.05, 3.63) is 96.1 Å². The van der Waals surface area contributed by atoms with E-state index in [9.17, 15) is 9.59 Å². The van der Waals surface area contributed by atoms with Gasteiger partial charge in [-0.1, -0.05) is 72.8 Å². The van der Waals surface area contributed by atoms with Crippen LogP contribution >= 0.6 is 0 Å². The summed E-state index contributed by atoms with van der Waals surface area (Å²) in [5.41, 5.74) is 2.97. The highest BCUT2D eigenvalue weighted by molar-refractivity contribution is 6.03. The molecule has 26 heavy (non-hydrogen) atoms. The van der Waals surface area contributed by atoms with Crippen LogP contribution < -0.4 is 0 Å². The SMILES string of the molecule is COC(=O)c1ccccc1C(=O)OC.c1ccc(-c2ccccc2)cc1. The fourth-order valence-corrected chi connectivity index (χ4v) is 2.32. The molecule has 0 saturated heterocycles. The largest absolute Gasteiger partial charge is 0.465 e. The lowest BCUT2D eigenvalue weighted by Gasteiger charge is -2.04. The zero-order chi connectivity index (χ0) is 18.8. The summed E-state index contributed by atoms with van der Waals surface area (Å²) in [6.45, 7) is 0. The summed E-state index contributed by atoms with van der Waals surface area (Å²) in [5, 5.41) is 0. The van der Waals surface area contributed by atoms with Gasteiger partial charge in [-0.15, -0.1) is 0 Å². The minimum absolute atomic E-state index is 0.210. The molecule has 0 spiro atoms. The molecule has 0 radical (unpaired) electrons. The fourth-order valence-electron chi connectivity index (χ4n) is 2.32. The van der Waals surface area contributed by atoms with Crippen LogP contribution in [-0.2, 0) is 9.47 Å². The standard InChI is InChI=1S/C12H10.C10H10O4/c1-3-7-11(8-4-1)12-9-5-2-6-10-12;1-13-9(11)7-5-3-4-6-8(7)10(12)14-2/h1-10H;3-6H,1-2H3. The Hall–Kier alpha value is -3.40. The van der Waals surface area contributed by atoms with Gasteiger partial charge >= 0.3 is 11.9 Å². The van der Waals surface area contributed by atoms with Gasteiger partial charge in [-0.2, -0.15) is 0 Å². The van der Waals surface area contributed by atoms with E-state index < -0.39 is 11.9 Å². The Morgan fingerprint density at radius 2 is 0.846 bits per heavy atom. The van der Waals surface area contributed by atoms with Crippen LogP contribution in [0.1, 0.15) is 20.7 Å². The predicted molar refractivity (Wildman–Crippen MR) is 101 cm³/mol. The lowest BCUT2D eigenvalue weighted by Crippen LogP contribution is -2.11. The Morgan fingerprint density at radius 1 is 0.538 bits per heavy atom. The summed E-state index contributed by atoms with van der Waals surface area (Å²) in [5.74, 6) is -1.10. The molecule has 3 aromatic rings. The highest BCUT2D eigenvalue weighted by Gasteiger charge is 2.16. The van der Waals surface area contributed by atoms with Crippen LogP contribution in [0.5, 0.6) is 0 Å². The summed E-state index contributed by atoms with van der Waals surface area (Å²) >= 11 is 0. The van der Waals surface area contributed by atoms with Crippen molar-refractivity contribution in [2.24, 2.45) is 0 Å². The van der Waals surface area contributed by atoms with Gasteiger partial charge in [0.05, 0.1) is 25.3 Å². The van der Waals surface area contributed by atoms with Crippen LogP contribution in [-0.4, -0.2) is 26.2 Å². The van der Waals surface area contributed by atoms with Gasteiger partial charge in [0.2, 0.25) is 0 Å². The van der Waals surface area contributed by atoms with E-state index in [-0.39, 0.29) is 11.1 Å². The molecule has 0 fully saturated rings. The van der Waals surface area contributed by atoms with Gasteiger partial charge in [-0.3, -0.25) is 0 Å². The number of carbonyl (C=O) groups is 2. The predicted octanol–water partition coefficient (Wildman–Crippen LogP) is 4.61. The van der Waals surface area contributed by atoms with E-state index in [1.54, 1.807) is 12.1 Å². The second kappa shape index (κ2) is 9.79. The van der Waals surface area contributed by atoms with Crippen LogP contribution in [0.15, 0.2) is 84.9 Å². The number of hydrogen-bond donors (Lipinski definition) is 0. The smallest absolute Gasteiger partial charge is 0.338 e. The molecule has 0 aliphatic rings. The van der Waals surface area contributed by atoms with Crippen LogP contribution in [0.2, 0.25) is 0 Å². The van der Waals surface area contributed by atoms with E-state index in [0.717, 1.165) is 0 Å². The van der Waals surface area contributed by atoms with Crippen molar-refractivity contribution >= 4 is 11.9 Å². The van der Waals surface area contributed by atoms with Crippen LogP contribution in [0, 0.1) is 0 Å². The van der Waals surface area contributed by atoms with Crippen molar-refractivity contribution < 1.29 is 19.1 Å². The Balaban J connectivity index is 0.000000189. The van der Waals surface area contributed by atoms with E-state index in [1.807, 2.05) is 12.1 Å². The Labute approximate surface area is 153 Å². The zero-order valence-electron chi connectivity index (χ0n) is 14.7. The third kappa shape index (κ3) is 5.05. The Kier molecular flexibility index (Phi) is 7.13. The Morgan fingerprint density at radius 3 is 1.15 bits per heavy atom. The average molecular weight is 348 g/mol. The quantitative estimate of drug-likeness (QED) is 0.649. The molecular formula is C22H20O4. The van der Waals surface area contributed by atoms with E-state index in [2.05, 4.69) is 58.0 Å². The molecule has 0 aliphatic heterocycles. The highest BCUT2D eigenvalue weighted by Crippen LogP contribution is 2.17. The topological polar surface area (TPSA) is 52.6 Å². The van der Waals surface area contributed by atoms with Crippen LogP contribution in [0.4, 0.5) is 0 Å². The molecule has 0 unspecified atom stereocenters. The molecule has 0 N–H and O–H groups in total. The maximum absolute atomic E-state index is 11.2. The van der Waals surface area contributed by atoms with Crippen molar-refractivity contribution in [1.29, 1.82) is 0 Å². The summed E-state index contributed by atoms with van der Waals surface area (Å²) < 4.78 is 9.05. The van der Waals surface area contributed by atoms with Gasteiger partial charge in [0.25, 0.3) is 0 Å². The average Bonchev–Trinajstić information content (AvgIpc) is 2.74. The van der Waals surface area contributed by atoms with E-state index >= 15 is 0 Å². The lowest BCUT2D eigenvalue weighted by molar-refractivity contribution is 0.0555. The molecule has 0 aromatic heterocycles. The molecule has 0 amide bonds. The number of esters is 2. The van der Waals surface area contributed by atoms with Crippen molar-refractivity contribution in [1.82, 2.24) is 0 Å². The van der Waals surface area contributed by atoms with Gasteiger partial charge in [0.1, 0.15) is 0 Å². The van der Waals surface area contributed by atoms with Crippen molar-refractivity contribution in [2.45, 2.75) is 0 Å².